The van der Waals surface area contributed by atoms with Crippen LogP contribution >= 0.6 is 11.3 Å². The summed E-state index contributed by atoms with van der Waals surface area (Å²) in [6.45, 7) is 0.467. The molecule has 2 aromatic rings. The summed E-state index contributed by atoms with van der Waals surface area (Å²) >= 11 is 1.40. The smallest absolute Gasteiger partial charge is 0.220 e. The molecule has 0 bridgehead atoms. The third-order valence-corrected chi connectivity index (χ3v) is 3.53. The van der Waals surface area contributed by atoms with Gasteiger partial charge >= 0.3 is 0 Å². The van der Waals surface area contributed by atoms with Gasteiger partial charge in [0.05, 0.1) is 4.88 Å². The first-order valence-electron chi connectivity index (χ1n) is 5.98. The van der Waals surface area contributed by atoms with E-state index in [9.17, 15) is 9.59 Å². The lowest BCUT2D eigenvalue weighted by atomic mass is 10.2. The minimum Gasteiger partial charge on any atom is -0.352 e. The SMILES string of the molecule is O=C(CCC(=O)c1cccs1)NCc1ccncc1. The van der Waals surface area contributed by atoms with Crippen molar-refractivity contribution in [1.82, 2.24) is 10.3 Å². The molecule has 2 heterocycles. The van der Waals surface area contributed by atoms with Crippen LogP contribution in [-0.2, 0) is 11.3 Å². The van der Waals surface area contributed by atoms with E-state index in [0.717, 1.165) is 5.56 Å². The molecule has 0 spiro atoms. The Balaban J connectivity index is 1.72. The Kier molecular flexibility index (Phi) is 4.80. The van der Waals surface area contributed by atoms with Crippen molar-refractivity contribution in [1.29, 1.82) is 0 Å². The van der Waals surface area contributed by atoms with Gasteiger partial charge in [-0.25, -0.2) is 0 Å². The molecule has 98 valence electrons. The number of pyridine rings is 1. The van der Waals surface area contributed by atoms with Gasteiger partial charge in [0.15, 0.2) is 5.78 Å². The van der Waals surface area contributed by atoms with Crippen LogP contribution in [0, 0.1) is 0 Å². The molecule has 0 saturated heterocycles. The van der Waals surface area contributed by atoms with E-state index >= 15 is 0 Å². The standard InChI is InChI=1S/C14H14N2O2S/c17-12(13-2-1-9-19-13)3-4-14(18)16-10-11-5-7-15-8-6-11/h1-2,5-9H,3-4,10H2,(H,16,18). The summed E-state index contributed by atoms with van der Waals surface area (Å²) in [6.07, 6.45) is 3.84. The highest BCUT2D eigenvalue weighted by atomic mass is 32.1. The zero-order valence-electron chi connectivity index (χ0n) is 10.3. The van der Waals surface area contributed by atoms with Gasteiger partial charge < -0.3 is 5.32 Å². The van der Waals surface area contributed by atoms with Crippen molar-refractivity contribution in [2.24, 2.45) is 0 Å². The molecule has 0 atom stereocenters. The van der Waals surface area contributed by atoms with E-state index in [1.54, 1.807) is 18.5 Å². The average molecular weight is 274 g/mol. The lowest BCUT2D eigenvalue weighted by Gasteiger charge is -2.04. The Morgan fingerprint density at radius 2 is 1.95 bits per heavy atom. The van der Waals surface area contributed by atoms with Crippen molar-refractivity contribution in [2.45, 2.75) is 19.4 Å². The van der Waals surface area contributed by atoms with E-state index in [1.165, 1.54) is 11.3 Å². The third kappa shape index (κ3) is 4.30. The van der Waals surface area contributed by atoms with Crippen LogP contribution in [0.15, 0.2) is 42.0 Å². The fraction of sp³-hybridized carbons (Fsp3) is 0.214. The first-order chi connectivity index (χ1) is 9.25. The van der Waals surface area contributed by atoms with E-state index in [-0.39, 0.29) is 24.5 Å². The van der Waals surface area contributed by atoms with Crippen molar-refractivity contribution < 1.29 is 9.59 Å². The van der Waals surface area contributed by atoms with Gasteiger partial charge in [0, 0.05) is 31.8 Å². The van der Waals surface area contributed by atoms with Gasteiger partial charge in [-0.05, 0) is 29.1 Å². The van der Waals surface area contributed by atoms with Crippen LogP contribution in [0.1, 0.15) is 28.1 Å². The molecular weight excluding hydrogens is 260 g/mol. The number of carbonyl (C=O) groups is 2. The molecule has 2 rings (SSSR count). The summed E-state index contributed by atoms with van der Waals surface area (Å²) in [5.41, 5.74) is 0.993. The maximum Gasteiger partial charge on any atom is 0.220 e. The maximum atomic E-state index is 11.7. The van der Waals surface area contributed by atoms with E-state index in [1.807, 2.05) is 23.6 Å². The predicted octanol–water partition coefficient (Wildman–Crippen LogP) is 2.42. The van der Waals surface area contributed by atoms with Crippen LogP contribution in [-0.4, -0.2) is 16.7 Å². The summed E-state index contributed by atoms with van der Waals surface area (Å²) in [4.78, 5) is 27.9. The summed E-state index contributed by atoms with van der Waals surface area (Å²) in [5.74, 6) is -0.0872. The molecule has 0 aromatic carbocycles. The molecule has 0 aliphatic rings. The molecule has 0 aliphatic heterocycles. The topological polar surface area (TPSA) is 59.1 Å². The summed E-state index contributed by atoms with van der Waals surface area (Å²) in [6, 6.07) is 7.30. The number of rotatable bonds is 6. The Labute approximate surface area is 115 Å². The number of aromatic nitrogens is 1. The molecule has 0 radical (unpaired) electrons. The highest BCUT2D eigenvalue weighted by Gasteiger charge is 2.09. The molecule has 1 N–H and O–H groups in total. The van der Waals surface area contributed by atoms with E-state index < -0.39 is 0 Å². The lowest BCUT2D eigenvalue weighted by Crippen LogP contribution is -2.23. The highest BCUT2D eigenvalue weighted by Crippen LogP contribution is 2.12. The molecular formula is C14H14N2O2S. The van der Waals surface area contributed by atoms with Crippen LogP contribution in [0.3, 0.4) is 0 Å². The number of hydrogen-bond acceptors (Lipinski definition) is 4. The minimum atomic E-state index is -0.110. The van der Waals surface area contributed by atoms with Crippen LogP contribution in [0.4, 0.5) is 0 Å². The predicted molar refractivity (Wildman–Crippen MR) is 74.0 cm³/mol. The molecule has 4 nitrogen and oxygen atoms in total. The second kappa shape index (κ2) is 6.80. The first-order valence-corrected chi connectivity index (χ1v) is 6.86. The molecule has 0 saturated carbocycles. The highest BCUT2D eigenvalue weighted by molar-refractivity contribution is 7.12. The van der Waals surface area contributed by atoms with Crippen molar-refractivity contribution in [3.63, 3.8) is 0 Å². The van der Waals surface area contributed by atoms with Crippen molar-refractivity contribution in [3.8, 4) is 0 Å². The maximum absolute atomic E-state index is 11.7. The molecule has 0 fully saturated rings. The second-order valence-electron chi connectivity index (χ2n) is 4.03. The molecule has 2 aromatic heterocycles. The fourth-order valence-corrected chi connectivity index (χ4v) is 2.27. The number of hydrogen-bond donors (Lipinski definition) is 1. The normalized spacial score (nSPS) is 10.1. The summed E-state index contributed by atoms with van der Waals surface area (Å²) in [5, 5.41) is 4.64. The minimum absolute atomic E-state index is 0.0223. The van der Waals surface area contributed by atoms with Gasteiger partial charge in [-0.3, -0.25) is 14.6 Å². The van der Waals surface area contributed by atoms with Crippen LogP contribution in [0.2, 0.25) is 0 Å². The number of carbonyl (C=O) groups excluding carboxylic acids is 2. The van der Waals surface area contributed by atoms with E-state index in [4.69, 9.17) is 0 Å². The monoisotopic (exact) mass is 274 g/mol. The Morgan fingerprint density at radius 3 is 2.63 bits per heavy atom. The molecule has 5 heteroatoms. The largest absolute Gasteiger partial charge is 0.352 e. The van der Waals surface area contributed by atoms with Gasteiger partial charge in [-0.15, -0.1) is 11.3 Å². The zero-order valence-corrected chi connectivity index (χ0v) is 11.2. The van der Waals surface area contributed by atoms with Crippen LogP contribution < -0.4 is 5.32 Å². The Morgan fingerprint density at radius 1 is 1.16 bits per heavy atom. The van der Waals surface area contributed by atoms with E-state index in [0.29, 0.717) is 11.4 Å². The third-order valence-electron chi connectivity index (χ3n) is 2.61. The Bertz CT molecular complexity index is 538. The van der Waals surface area contributed by atoms with Crippen molar-refractivity contribution in [2.75, 3.05) is 0 Å². The van der Waals surface area contributed by atoms with Gasteiger partial charge in [0.1, 0.15) is 0 Å². The zero-order chi connectivity index (χ0) is 13.5. The summed E-state index contributed by atoms with van der Waals surface area (Å²) in [7, 11) is 0. The van der Waals surface area contributed by atoms with E-state index in [2.05, 4.69) is 10.3 Å². The average Bonchev–Trinajstić information content (AvgIpc) is 2.98. The van der Waals surface area contributed by atoms with Gasteiger partial charge in [0.2, 0.25) is 5.91 Å². The Hall–Kier alpha value is -2.01. The number of Topliss-reactive ketones (excluding diaryl/α,β-unsaturated/α-hetero) is 1. The number of nitrogens with zero attached hydrogens (tertiary/aromatic N) is 1. The first kappa shape index (κ1) is 13.4. The number of nitrogens with one attached hydrogen (secondary N) is 1. The van der Waals surface area contributed by atoms with Gasteiger partial charge in [-0.2, -0.15) is 0 Å². The van der Waals surface area contributed by atoms with Crippen LogP contribution in [0.5, 0.6) is 0 Å². The van der Waals surface area contributed by atoms with Gasteiger partial charge in [0.25, 0.3) is 0 Å². The van der Waals surface area contributed by atoms with Gasteiger partial charge in [-0.1, -0.05) is 6.07 Å². The molecule has 0 aliphatic carbocycles. The summed E-state index contributed by atoms with van der Waals surface area (Å²) < 4.78 is 0. The number of ketones is 1. The molecule has 1 amide bonds. The molecule has 19 heavy (non-hydrogen) atoms. The van der Waals surface area contributed by atoms with Crippen LogP contribution in [0.25, 0.3) is 0 Å². The molecule has 0 unspecified atom stereocenters. The number of thiophene rings is 1. The second-order valence-corrected chi connectivity index (χ2v) is 4.98. The van der Waals surface area contributed by atoms with Crippen molar-refractivity contribution in [3.05, 3.63) is 52.5 Å². The quantitative estimate of drug-likeness (QED) is 0.823. The number of amides is 1. The lowest BCUT2D eigenvalue weighted by molar-refractivity contribution is -0.121. The van der Waals surface area contributed by atoms with Crippen molar-refractivity contribution >= 4 is 23.0 Å². The fourth-order valence-electron chi connectivity index (χ4n) is 1.58.